The van der Waals surface area contributed by atoms with Gasteiger partial charge in [0.25, 0.3) is 0 Å². The highest BCUT2D eigenvalue weighted by molar-refractivity contribution is 5.90. The van der Waals surface area contributed by atoms with Crippen LogP contribution in [-0.4, -0.2) is 134 Å². The van der Waals surface area contributed by atoms with Crippen molar-refractivity contribution >= 4 is 35.9 Å². The third-order valence-corrected chi connectivity index (χ3v) is 8.08. The molecule has 4 atom stereocenters. The van der Waals surface area contributed by atoms with Crippen LogP contribution in [-0.2, 0) is 42.9 Å². The zero-order valence-corrected chi connectivity index (χ0v) is 31.0. The molecule has 2 aliphatic heterocycles. The largest absolute Gasteiger partial charge is 0.480 e. The molecule has 16 nitrogen and oxygen atoms in total. The molecule has 2 saturated heterocycles. The van der Waals surface area contributed by atoms with E-state index in [9.17, 15) is 33.9 Å². The maximum absolute atomic E-state index is 12.5. The smallest absolute Gasteiger partial charge is 0.410 e. The molecule has 2 rings (SSSR count). The van der Waals surface area contributed by atoms with Gasteiger partial charge in [-0.25, -0.2) is 19.2 Å². The van der Waals surface area contributed by atoms with Crippen molar-refractivity contribution < 1.29 is 57.6 Å². The number of ether oxygens (including phenoxy) is 5. The van der Waals surface area contributed by atoms with Crippen LogP contribution in [0.1, 0.15) is 81.1 Å². The Bertz CT molecular complexity index is 1120. The molecule has 2 fully saturated rings. The van der Waals surface area contributed by atoms with Crippen molar-refractivity contribution in [1.29, 1.82) is 0 Å². The van der Waals surface area contributed by atoms with Crippen LogP contribution in [0, 0.1) is 11.8 Å². The van der Waals surface area contributed by atoms with Crippen molar-refractivity contribution in [3.05, 3.63) is 0 Å². The standard InChI is InChI=1S/C17H30N2O6.C16H28N2O6/c1-11(19(5)16(22)25-17(2,3)4)14(20)18-13(15(21)23-6)12-7-9-24-10-8-12;1-10(18(5)15(22)24-16(2,3)4)13(19)17-12(14(20)21)11-6-8-23-9-7-11/h11-13H,7-10H2,1-6H3,(H,18,20);10-12H,6-9H2,1-5H3,(H,17,19)(H,20,21)/t11-,13-;10-,12-/m00/s1. The minimum Gasteiger partial charge on any atom is -0.480 e. The zero-order valence-electron chi connectivity index (χ0n) is 31.0. The van der Waals surface area contributed by atoms with Crippen LogP contribution in [0.3, 0.4) is 0 Å². The van der Waals surface area contributed by atoms with Gasteiger partial charge in [0.05, 0.1) is 7.11 Å². The maximum atomic E-state index is 12.5. The number of aliphatic carboxylic acids is 1. The second-order valence-corrected chi connectivity index (χ2v) is 14.3. The summed E-state index contributed by atoms with van der Waals surface area (Å²) in [5.41, 5.74) is -1.33. The van der Waals surface area contributed by atoms with E-state index in [0.29, 0.717) is 52.1 Å². The Morgan fingerprint density at radius 3 is 1.31 bits per heavy atom. The lowest BCUT2D eigenvalue weighted by molar-refractivity contribution is -0.148. The first-order chi connectivity index (χ1) is 22.6. The Labute approximate surface area is 289 Å². The number of carbonyl (C=O) groups excluding carboxylic acids is 5. The van der Waals surface area contributed by atoms with Gasteiger partial charge in [0.2, 0.25) is 11.8 Å². The van der Waals surface area contributed by atoms with E-state index in [4.69, 9.17) is 23.7 Å². The van der Waals surface area contributed by atoms with Crippen LogP contribution >= 0.6 is 0 Å². The molecule has 0 spiro atoms. The summed E-state index contributed by atoms with van der Waals surface area (Å²) in [6, 6.07) is -3.38. The normalized spacial score (nSPS) is 18.2. The predicted molar refractivity (Wildman–Crippen MR) is 178 cm³/mol. The number of amides is 4. The van der Waals surface area contributed by atoms with Gasteiger partial charge in [-0.05, 0) is 92.9 Å². The lowest BCUT2D eigenvalue weighted by Gasteiger charge is -2.32. The molecule has 0 aromatic carbocycles. The number of nitrogens with one attached hydrogen (secondary N) is 2. The molecule has 0 aromatic rings. The quantitative estimate of drug-likeness (QED) is 0.222. The van der Waals surface area contributed by atoms with Crippen LogP contribution in [0.2, 0.25) is 0 Å². The number of carboxylic acid groups (broad SMARTS) is 1. The molecule has 2 aliphatic rings. The Morgan fingerprint density at radius 2 is 1.00 bits per heavy atom. The first-order valence-electron chi connectivity index (χ1n) is 16.6. The van der Waals surface area contributed by atoms with E-state index in [1.54, 1.807) is 48.5 Å². The van der Waals surface area contributed by atoms with Crippen LogP contribution in [0.25, 0.3) is 0 Å². The van der Waals surface area contributed by atoms with Crippen LogP contribution in [0.15, 0.2) is 0 Å². The number of carboxylic acids is 1. The highest BCUT2D eigenvalue weighted by atomic mass is 16.6. The highest BCUT2D eigenvalue weighted by Crippen LogP contribution is 2.21. The van der Waals surface area contributed by atoms with Gasteiger partial charge in [-0.3, -0.25) is 19.4 Å². The summed E-state index contributed by atoms with van der Waals surface area (Å²) >= 11 is 0. The van der Waals surface area contributed by atoms with E-state index in [-0.39, 0.29) is 11.8 Å². The van der Waals surface area contributed by atoms with Gasteiger partial charge in [0.15, 0.2) is 0 Å². The molecule has 0 aliphatic carbocycles. The van der Waals surface area contributed by atoms with Crippen LogP contribution in [0.5, 0.6) is 0 Å². The first-order valence-corrected chi connectivity index (χ1v) is 16.6. The summed E-state index contributed by atoms with van der Waals surface area (Å²) in [4.78, 5) is 74.9. The molecule has 0 radical (unpaired) electrons. The number of likely N-dealkylation sites (N-methyl/N-ethyl adjacent to an activating group) is 2. The molecule has 2 heterocycles. The van der Waals surface area contributed by atoms with E-state index < -0.39 is 71.3 Å². The third-order valence-electron chi connectivity index (χ3n) is 8.08. The Hall–Kier alpha value is -3.66. The average Bonchev–Trinajstić information content (AvgIpc) is 3.03. The molecule has 16 heteroatoms. The van der Waals surface area contributed by atoms with Crippen molar-refractivity contribution in [3.8, 4) is 0 Å². The lowest BCUT2D eigenvalue weighted by atomic mass is 9.91. The number of hydrogen-bond donors (Lipinski definition) is 3. The van der Waals surface area contributed by atoms with Gasteiger partial charge in [0.1, 0.15) is 35.4 Å². The fourth-order valence-electron chi connectivity index (χ4n) is 4.86. The van der Waals surface area contributed by atoms with Crippen molar-refractivity contribution in [1.82, 2.24) is 20.4 Å². The van der Waals surface area contributed by atoms with Crippen LogP contribution in [0.4, 0.5) is 9.59 Å². The van der Waals surface area contributed by atoms with E-state index in [1.807, 2.05) is 0 Å². The summed E-state index contributed by atoms with van der Waals surface area (Å²) in [6.45, 7) is 15.6. The Morgan fingerprint density at radius 1 is 0.673 bits per heavy atom. The third kappa shape index (κ3) is 15.2. The number of hydrogen-bond acceptors (Lipinski definition) is 11. The van der Waals surface area contributed by atoms with E-state index in [1.165, 1.54) is 33.0 Å². The molecule has 4 amide bonds. The average molecular weight is 703 g/mol. The fraction of sp³-hybridized carbons (Fsp3) is 0.818. The number of methoxy groups -OCH3 is 1. The number of esters is 1. The minimum absolute atomic E-state index is 0.0517. The van der Waals surface area contributed by atoms with Crippen molar-refractivity contribution in [2.24, 2.45) is 11.8 Å². The lowest BCUT2D eigenvalue weighted by Crippen LogP contribution is -2.54. The molecule has 282 valence electrons. The topological polar surface area (TPSA) is 199 Å². The molecule has 0 saturated carbocycles. The molecule has 0 unspecified atom stereocenters. The Balaban J connectivity index is 0.000000490. The summed E-state index contributed by atoms with van der Waals surface area (Å²) in [5.74, 6) is -2.77. The molecule has 3 N–H and O–H groups in total. The van der Waals surface area contributed by atoms with Gasteiger partial charge in [-0.1, -0.05) is 0 Å². The predicted octanol–water partition coefficient (Wildman–Crippen LogP) is 2.56. The maximum Gasteiger partial charge on any atom is 0.410 e. The van der Waals surface area contributed by atoms with E-state index in [2.05, 4.69) is 10.6 Å². The summed E-state index contributed by atoms with van der Waals surface area (Å²) in [5, 5.41) is 14.7. The molecule has 0 aromatic heterocycles. The molecule has 0 bridgehead atoms. The second-order valence-electron chi connectivity index (χ2n) is 14.3. The van der Waals surface area contributed by atoms with E-state index >= 15 is 0 Å². The van der Waals surface area contributed by atoms with Crippen molar-refractivity contribution in [2.75, 3.05) is 47.6 Å². The van der Waals surface area contributed by atoms with E-state index in [0.717, 1.165) is 4.90 Å². The Kier molecular flexibility index (Phi) is 17.3. The monoisotopic (exact) mass is 702 g/mol. The van der Waals surface area contributed by atoms with Gasteiger partial charge in [-0.2, -0.15) is 0 Å². The van der Waals surface area contributed by atoms with Gasteiger partial charge < -0.3 is 39.4 Å². The van der Waals surface area contributed by atoms with Crippen molar-refractivity contribution in [2.45, 2.75) is 116 Å². The number of carbonyl (C=O) groups is 6. The fourth-order valence-corrected chi connectivity index (χ4v) is 4.86. The van der Waals surface area contributed by atoms with Gasteiger partial charge >= 0.3 is 24.1 Å². The molecule has 49 heavy (non-hydrogen) atoms. The second kappa shape index (κ2) is 19.5. The van der Waals surface area contributed by atoms with Crippen LogP contribution < -0.4 is 10.6 Å². The number of rotatable bonds is 10. The first kappa shape index (κ1) is 43.4. The molecular formula is C33H58N4O12. The summed E-state index contributed by atoms with van der Waals surface area (Å²) in [6.07, 6.45) is 1.24. The van der Waals surface area contributed by atoms with Gasteiger partial charge in [-0.15, -0.1) is 0 Å². The zero-order chi connectivity index (χ0) is 37.7. The minimum atomic E-state index is -1.08. The highest BCUT2D eigenvalue weighted by Gasteiger charge is 2.36. The summed E-state index contributed by atoms with van der Waals surface area (Å²) < 4.78 is 25.8. The SMILES string of the molecule is COC(=O)[C@@H](NC(=O)[C@H](C)N(C)C(=O)OC(C)(C)C)C1CCOCC1.C[C@@H](C(=O)N[C@H](C(=O)O)C1CCOCC1)N(C)C(=O)OC(C)(C)C. The van der Waals surface area contributed by atoms with Crippen molar-refractivity contribution in [3.63, 3.8) is 0 Å². The number of nitrogens with zero attached hydrogens (tertiary/aromatic N) is 2. The summed E-state index contributed by atoms with van der Waals surface area (Å²) in [7, 11) is 4.22. The molecular weight excluding hydrogens is 644 g/mol. The van der Waals surface area contributed by atoms with Gasteiger partial charge in [0, 0.05) is 40.5 Å².